The molecule has 2 aromatic rings. The molecule has 2 aliphatic rings. The highest BCUT2D eigenvalue weighted by Gasteiger charge is 2.23. The molecule has 1 aliphatic heterocycles. The summed E-state index contributed by atoms with van der Waals surface area (Å²) in [7, 11) is 0. The van der Waals surface area contributed by atoms with Gasteiger partial charge in [0, 0.05) is 13.1 Å². The van der Waals surface area contributed by atoms with Crippen LogP contribution in [-0.2, 0) is 17.9 Å². The molecular formula is C23H30N6O3. The number of carbonyl (C=O) groups is 1. The molecule has 1 aromatic carbocycles. The van der Waals surface area contributed by atoms with Crippen molar-refractivity contribution in [2.24, 2.45) is 11.1 Å². The van der Waals surface area contributed by atoms with Crippen LogP contribution in [-0.4, -0.2) is 47.4 Å². The van der Waals surface area contributed by atoms with Crippen LogP contribution in [0.3, 0.4) is 0 Å². The van der Waals surface area contributed by atoms with Crippen molar-refractivity contribution in [2.75, 3.05) is 36.9 Å². The van der Waals surface area contributed by atoms with E-state index in [0.717, 1.165) is 44.3 Å². The van der Waals surface area contributed by atoms with Gasteiger partial charge in [-0.1, -0.05) is 30.7 Å². The van der Waals surface area contributed by atoms with Gasteiger partial charge in [-0.15, -0.1) is 4.91 Å². The summed E-state index contributed by atoms with van der Waals surface area (Å²) in [6.07, 6.45) is 6.72. The number of aromatic nitrogens is 2. The number of hydrogen-bond donors (Lipinski definition) is 1. The first kappa shape index (κ1) is 22.1. The predicted octanol–water partition coefficient (Wildman–Crippen LogP) is 3.44. The molecule has 0 atom stereocenters. The Balaban J connectivity index is 1.55. The lowest BCUT2D eigenvalue weighted by atomic mass is 9.86. The summed E-state index contributed by atoms with van der Waals surface area (Å²) in [4.78, 5) is 35.6. The minimum atomic E-state index is -0.0731. The summed E-state index contributed by atoms with van der Waals surface area (Å²) in [5.41, 5.74) is 8.14. The number of anilines is 2. The maximum atomic E-state index is 11.5. The van der Waals surface area contributed by atoms with Crippen LogP contribution in [0.15, 0.2) is 29.4 Å². The number of hydrogen-bond acceptors (Lipinski definition) is 9. The van der Waals surface area contributed by atoms with Crippen molar-refractivity contribution in [3.63, 3.8) is 0 Å². The molecule has 2 heterocycles. The fourth-order valence-corrected chi connectivity index (χ4v) is 4.23. The van der Waals surface area contributed by atoms with Gasteiger partial charge in [-0.3, -0.25) is 4.90 Å². The Morgan fingerprint density at radius 3 is 2.66 bits per heavy atom. The predicted molar refractivity (Wildman–Crippen MR) is 123 cm³/mol. The average molecular weight is 439 g/mol. The second-order valence-corrected chi connectivity index (χ2v) is 8.61. The smallest absolute Gasteiger partial charge is 0.320 e. The summed E-state index contributed by atoms with van der Waals surface area (Å²) in [5.74, 6) is 0.664. The van der Waals surface area contributed by atoms with E-state index >= 15 is 0 Å². The maximum Gasteiger partial charge on any atom is 0.320 e. The second kappa shape index (κ2) is 10.5. The molecule has 1 aromatic heterocycles. The molecule has 2 fully saturated rings. The Morgan fingerprint density at radius 1 is 1.19 bits per heavy atom. The molecule has 9 nitrogen and oxygen atoms in total. The van der Waals surface area contributed by atoms with Gasteiger partial charge in [-0.2, -0.15) is 9.97 Å². The van der Waals surface area contributed by atoms with Crippen LogP contribution in [0.25, 0.3) is 0 Å². The third-order valence-electron chi connectivity index (χ3n) is 6.20. The minimum Gasteiger partial charge on any atom is -0.463 e. The number of nitroso groups, excluding NO2 is 1. The van der Waals surface area contributed by atoms with E-state index in [1.807, 2.05) is 12.1 Å². The maximum absolute atomic E-state index is 11.5. The van der Waals surface area contributed by atoms with Crippen LogP contribution >= 0.6 is 0 Å². The first-order valence-corrected chi connectivity index (χ1v) is 11.3. The quantitative estimate of drug-likeness (QED) is 0.419. The number of benzene rings is 1. The monoisotopic (exact) mass is 438 g/mol. The van der Waals surface area contributed by atoms with Crippen molar-refractivity contribution in [3.05, 3.63) is 40.3 Å². The van der Waals surface area contributed by atoms with E-state index in [1.54, 1.807) is 4.90 Å². The molecule has 170 valence electrons. The fraction of sp³-hybridized carbons (Fsp3) is 0.522. The van der Waals surface area contributed by atoms with Crippen molar-refractivity contribution in [1.82, 2.24) is 14.9 Å². The first-order valence-electron chi connectivity index (χ1n) is 11.3. The van der Waals surface area contributed by atoms with Gasteiger partial charge >= 0.3 is 6.01 Å². The van der Waals surface area contributed by atoms with Gasteiger partial charge in [0.2, 0.25) is 0 Å². The lowest BCUT2D eigenvalue weighted by Gasteiger charge is -2.26. The van der Waals surface area contributed by atoms with Gasteiger partial charge in [0.25, 0.3) is 0 Å². The molecule has 1 saturated heterocycles. The Labute approximate surface area is 187 Å². The number of nitrogens with zero attached hydrogens (tertiary/aromatic N) is 5. The zero-order valence-corrected chi connectivity index (χ0v) is 18.3. The topological polar surface area (TPSA) is 114 Å². The summed E-state index contributed by atoms with van der Waals surface area (Å²) in [6.45, 7) is 4.09. The van der Waals surface area contributed by atoms with Gasteiger partial charge in [0.05, 0.1) is 13.2 Å². The summed E-state index contributed by atoms with van der Waals surface area (Å²) >= 11 is 0. The molecule has 0 bridgehead atoms. The number of aldehydes is 1. The molecule has 0 spiro atoms. The molecule has 4 rings (SSSR count). The Morgan fingerprint density at radius 2 is 1.97 bits per heavy atom. The van der Waals surface area contributed by atoms with E-state index in [0.29, 0.717) is 19.1 Å². The lowest BCUT2D eigenvalue weighted by Crippen LogP contribution is -2.27. The van der Waals surface area contributed by atoms with Gasteiger partial charge in [-0.25, -0.2) is 0 Å². The van der Waals surface area contributed by atoms with Crippen molar-refractivity contribution in [2.45, 2.75) is 45.2 Å². The summed E-state index contributed by atoms with van der Waals surface area (Å²) in [5, 5.41) is 3.04. The molecule has 1 aliphatic carbocycles. The molecule has 2 N–H and O–H groups in total. The van der Waals surface area contributed by atoms with Crippen molar-refractivity contribution in [1.29, 1.82) is 0 Å². The van der Waals surface area contributed by atoms with Crippen molar-refractivity contribution >= 4 is 23.6 Å². The number of ether oxygens (including phenoxy) is 1. The van der Waals surface area contributed by atoms with E-state index in [1.165, 1.54) is 24.8 Å². The van der Waals surface area contributed by atoms with Gasteiger partial charge in [0.15, 0.2) is 17.3 Å². The van der Waals surface area contributed by atoms with Crippen LogP contribution in [0.1, 0.15) is 43.2 Å². The highest BCUT2D eigenvalue weighted by atomic mass is 16.5. The molecule has 0 unspecified atom stereocenters. The normalized spacial score (nSPS) is 16.5. The van der Waals surface area contributed by atoms with Gasteiger partial charge < -0.3 is 20.2 Å². The van der Waals surface area contributed by atoms with Gasteiger partial charge in [-0.05, 0) is 61.0 Å². The van der Waals surface area contributed by atoms with Crippen LogP contribution in [0.4, 0.5) is 17.3 Å². The zero-order valence-electron chi connectivity index (χ0n) is 18.3. The fourth-order valence-electron chi connectivity index (χ4n) is 4.23. The van der Waals surface area contributed by atoms with Crippen LogP contribution in [0.5, 0.6) is 6.01 Å². The van der Waals surface area contributed by atoms with Crippen LogP contribution in [0.2, 0.25) is 0 Å². The number of carbonyl (C=O) groups excluding carboxylic acids is 1. The number of nitrogen functional groups attached to an aromatic ring is 1. The van der Waals surface area contributed by atoms with E-state index in [9.17, 15) is 9.70 Å². The zero-order chi connectivity index (χ0) is 22.3. The number of likely N-dealkylation sites (tertiary alicyclic amines) is 1. The summed E-state index contributed by atoms with van der Waals surface area (Å²) < 4.78 is 5.74. The molecule has 1 saturated carbocycles. The Kier molecular flexibility index (Phi) is 7.26. The number of nitrogens with two attached hydrogens (primary N) is 1. The van der Waals surface area contributed by atoms with Crippen LogP contribution in [0, 0.1) is 10.8 Å². The number of rotatable bonds is 11. The SMILES string of the molecule is Nc1nc(OCC2CCC2)nc(N(CC=O)Cc2cccc(CN3CCCC3)c2)c1N=O. The standard InChI is InChI=1S/C23H30N6O3/c24-21-20(27-31)22(26-23(25-21)32-16-17-5-3-6-17)29(11-12-30)15-19-8-4-7-18(13-19)14-28-9-1-2-10-28/h4,7-8,12-13,17H,1-3,5-6,9-11,14-16H2,(H2,24,25,26). The molecule has 0 radical (unpaired) electrons. The lowest BCUT2D eigenvalue weighted by molar-refractivity contribution is -0.106. The second-order valence-electron chi connectivity index (χ2n) is 8.61. The Bertz CT molecular complexity index is 943. The van der Waals surface area contributed by atoms with E-state index < -0.39 is 0 Å². The van der Waals surface area contributed by atoms with Crippen LogP contribution < -0.4 is 15.4 Å². The highest BCUT2D eigenvalue weighted by Crippen LogP contribution is 2.34. The van der Waals surface area contributed by atoms with Crippen molar-refractivity contribution < 1.29 is 9.53 Å². The first-order chi connectivity index (χ1) is 15.7. The van der Waals surface area contributed by atoms with E-state index in [4.69, 9.17) is 10.5 Å². The molecule has 0 amide bonds. The minimum absolute atomic E-state index is 0.0391. The largest absolute Gasteiger partial charge is 0.463 e. The van der Waals surface area contributed by atoms with E-state index in [-0.39, 0.29) is 29.9 Å². The third-order valence-corrected chi connectivity index (χ3v) is 6.20. The third kappa shape index (κ3) is 5.40. The molecule has 32 heavy (non-hydrogen) atoms. The highest BCUT2D eigenvalue weighted by molar-refractivity contribution is 5.75. The van der Waals surface area contributed by atoms with Crippen molar-refractivity contribution in [3.8, 4) is 6.01 Å². The molecule has 9 heteroatoms. The molecular weight excluding hydrogens is 408 g/mol. The van der Waals surface area contributed by atoms with Gasteiger partial charge in [0.1, 0.15) is 6.29 Å². The Hall–Kier alpha value is -3.07. The summed E-state index contributed by atoms with van der Waals surface area (Å²) in [6, 6.07) is 8.36. The average Bonchev–Trinajstić information content (AvgIpc) is 3.25. The van der Waals surface area contributed by atoms with E-state index in [2.05, 4.69) is 32.2 Å².